The number of hydrogen-bond acceptors (Lipinski definition) is 5. The largest absolute Gasteiger partial charge is 0.421 e. The fraction of sp³-hybridized carbons (Fsp3) is 0. The number of pyridine rings is 1. The van der Waals surface area contributed by atoms with Crippen molar-refractivity contribution in [1.82, 2.24) is 4.98 Å². The van der Waals surface area contributed by atoms with Gasteiger partial charge in [0, 0.05) is 16.2 Å². The van der Waals surface area contributed by atoms with Crippen LogP contribution in [0, 0.1) is 0 Å². The average Bonchev–Trinajstić information content (AvgIpc) is 2.66. The zero-order valence-electron chi connectivity index (χ0n) is 13.8. The lowest BCUT2D eigenvalue weighted by molar-refractivity contribution is 0.0715. The van der Waals surface area contributed by atoms with Gasteiger partial charge in [-0.05, 0) is 48.5 Å². The topological polar surface area (TPSA) is 65.5 Å². The van der Waals surface area contributed by atoms with E-state index < -0.39 is 11.9 Å². The monoisotopic (exact) mass is 455 g/mol. The maximum absolute atomic E-state index is 12.2. The number of carbonyl (C=O) groups excluding carboxylic acids is 2. The molecule has 0 saturated carbocycles. The number of rotatable bonds is 4. The van der Waals surface area contributed by atoms with Gasteiger partial charge in [0.2, 0.25) is 0 Å². The van der Waals surface area contributed by atoms with Crippen LogP contribution >= 0.6 is 46.4 Å². The summed E-state index contributed by atoms with van der Waals surface area (Å²) in [4.78, 5) is 28.3. The minimum atomic E-state index is -0.745. The quantitative estimate of drug-likeness (QED) is 0.348. The first-order valence-corrected chi connectivity index (χ1v) is 9.15. The van der Waals surface area contributed by atoms with Crippen molar-refractivity contribution in [2.75, 3.05) is 0 Å². The molecule has 0 unspecified atom stereocenters. The minimum absolute atomic E-state index is 0.0212. The highest BCUT2D eigenvalue weighted by atomic mass is 35.5. The van der Waals surface area contributed by atoms with Crippen LogP contribution in [0.25, 0.3) is 0 Å². The van der Waals surface area contributed by atoms with E-state index in [9.17, 15) is 9.59 Å². The number of nitrogens with zero attached hydrogens (tertiary/aromatic N) is 1. The van der Waals surface area contributed by atoms with Crippen molar-refractivity contribution in [2.45, 2.75) is 0 Å². The second-order valence-electron chi connectivity index (χ2n) is 5.36. The highest BCUT2D eigenvalue weighted by molar-refractivity contribution is 6.36. The van der Waals surface area contributed by atoms with E-state index in [4.69, 9.17) is 55.9 Å². The number of halogens is 4. The summed E-state index contributed by atoms with van der Waals surface area (Å²) < 4.78 is 10.4. The molecule has 0 atom stereocenters. The molecule has 1 aromatic heterocycles. The maximum atomic E-state index is 12.2. The molecule has 0 bridgehead atoms. The van der Waals surface area contributed by atoms with E-state index in [1.807, 2.05) is 0 Å². The molecular weight excluding hydrogens is 448 g/mol. The number of hydrogen-bond donors (Lipinski definition) is 0. The Balaban J connectivity index is 1.70. The molecule has 0 N–H and O–H groups in total. The predicted octanol–water partition coefficient (Wildman–Crippen LogP) is 6.13. The van der Waals surface area contributed by atoms with E-state index in [0.29, 0.717) is 10.0 Å². The molecule has 0 aliphatic carbocycles. The van der Waals surface area contributed by atoms with Crippen LogP contribution in [0.4, 0.5) is 0 Å². The van der Waals surface area contributed by atoms with Crippen molar-refractivity contribution in [3.63, 3.8) is 0 Å². The summed E-state index contributed by atoms with van der Waals surface area (Å²) >= 11 is 23.5. The van der Waals surface area contributed by atoms with Crippen LogP contribution in [-0.2, 0) is 0 Å². The van der Waals surface area contributed by atoms with Gasteiger partial charge in [0.1, 0.15) is 17.2 Å². The Morgan fingerprint density at radius 3 is 1.71 bits per heavy atom. The van der Waals surface area contributed by atoms with Crippen molar-refractivity contribution in [1.29, 1.82) is 0 Å². The van der Waals surface area contributed by atoms with Crippen LogP contribution in [0.1, 0.15) is 20.8 Å². The molecule has 0 saturated heterocycles. The third-order valence-electron chi connectivity index (χ3n) is 3.40. The highest BCUT2D eigenvalue weighted by Gasteiger charge is 2.16. The molecule has 0 fully saturated rings. The smallest absolute Gasteiger partial charge is 0.362 e. The van der Waals surface area contributed by atoms with Crippen molar-refractivity contribution < 1.29 is 19.1 Å². The molecule has 2 aromatic carbocycles. The van der Waals surface area contributed by atoms with Gasteiger partial charge in [-0.25, -0.2) is 14.6 Å². The normalized spacial score (nSPS) is 10.4. The number of carbonyl (C=O) groups is 2. The second kappa shape index (κ2) is 8.80. The van der Waals surface area contributed by atoms with Gasteiger partial charge in [-0.15, -0.1) is 0 Å². The standard InChI is InChI=1S/C19H9Cl4NO4/c20-11-2-5-16(13(22)7-11)27-18(25)10-1-4-15(24-9-10)19(26)28-17-6-3-12(21)8-14(17)23/h1-9H. The van der Waals surface area contributed by atoms with Gasteiger partial charge in [0.05, 0.1) is 15.6 Å². The Labute approximate surface area is 179 Å². The van der Waals surface area contributed by atoms with E-state index in [2.05, 4.69) is 4.98 Å². The molecule has 0 amide bonds. The van der Waals surface area contributed by atoms with Crippen LogP contribution < -0.4 is 9.47 Å². The lowest BCUT2D eigenvalue weighted by Crippen LogP contribution is -2.13. The average molecular weight is 457 g/mol. The van der Waals surface area contributed by atoms with Gasteiger partial charge in [0.15, 0.2) is 0 Å². The third-order valence-corrected chi connectivity index (χ3v) is 4.46. The molecule has 0 aliphatic rings. The van der Waals surface area contributed by atoms with E-state index in [1.165, 1.54) is 54.7 Å². The summed E-state index contributed by atoms with van der Waals surface area (Å²) in [5, 5.41) is 1.19. The van der Waals surface area contributed by atoms with Crippen LogP contribution in [0.15, 0.2) is 54.7 Å². The van der Waals surface area contributed by atoms with Crippen molar-refractivity contribution in [2.24, 2.45) is 0 Å². The lowest BCUT2D eigenvalue weighted by Gasteiger charge is -2.08. The van der Waals surface area contributed by atoms with Gasteiger partial charge >= 0.3 is 11.9 Å². The summed E-state index contributed by atoms with van der Waals surface area (Å²) in [5.74, 6) is -1.15. The summed E-state index contributed by atoms with van der Waals surface area (Å²) in [6.45, 7) is 0. The SMILES string of the molecule is O=C(Oc1ccc(Cl)cc1Cl)c1ccc(C(=O)Oc2ccc(Cl)cc2Cl)nc1. The molecular formula is C19H9Cl4NO4. The zero-order valence-corrected chi connectivity index (χ0v) is 16.8. The summed E-state index contributed by atoms with van der Waals surface area (Å²) in [7, 11) is 0. The van der Waals surface area contributed by atoms with E-state index in [-0.39, 0.29) is 32.8 Å². The van der Waals surface area contributed by atoms with Crippen molar-refractivity contribution in [3.8, 4) is 11.5 Å². The highest BCUT2D eigenvalue weighted by Crippen LogP contribution is 2.29. The van der Waals surface area contributed by atoms with Gasteiger partial charge in [-0.3, -0.25) is 0 Å². The first kappa shape index (κ1) is 20.4. The number of esters is 2. The van der Waals surface area contributed by atoms with E-state index in [0.717, 1.165) is 0 Å². The fourth-order valence-electron chi connectivity index (χ4n) is 2.06. The van der Waals surface area contributed by atoms with Crippen LogP contribution in [0.2, 0.25) is 20.1 Å². The zero-order chi connectivity index (χ0) is 20.3. The van der Waals surface area contributed by atoms with Crippen molar-refractivity contribution >= 4 is 58.3 Å². The van der Waals surface area contributed by atoms with Crippen LogP contribution in [0.5, 0.6) is 11.5 Å². The third kappa shape index (κ3) is 4.94. The second-order valence-corrected chi connectivity index (χ2v) is 7.05. The molecule has 0 radical (unpaired) electrons. The maximum Gasteiger partial charge on any atom is 0.362 e. The fourth-order valence-corrected chi connectivity index (χ4v) is 2.96. The summed E-state index contributed by atoms with van der Waals surface area (Å²) in [6.07, 6.45) is 1.19. The Hall–Kier alpha value is -2.31. The molecule has 28 heavy (non-hydrogen) atoms. The van der Waals surface area contributed by atoms with Gasteiger partial charge in [-0.1, -0.05) is 46.4 Å². The molecule has 1 heterocycles. The van der Waals surface area contributed by atoms with Gasteiger partial charge in [-0.2, -0.15) is 0 Å². The van der Waals surface area contributed by atoms with E-state index in [1.54, 1.807) is 0 Å². The lowest BCUT2D eigenvalue weighted by atomic mass is 10.2. The molecule has 3 aromatic rings. The summed E-state index contributed by atoms with van der Waals surface area (Å²) in [6, 6.07) is 11.6. The van der Waals surface area contributed by atoms with Crippen LogP contribution in [0.3, 0.4) is 0 Å². The van der Waals surface area contributed by atoms with Crippen LogP contribution in [-0.4, -0.2) is 16.9 Å². The molecule has 0 spiro atoms. The summed E-state index contributed by atoms with van der Waals surface area (Å²) in [5.41, 5.74) is 0.0965. The van der Waals surface area contributed by atoms with Gasteiger partial charge < -0.3 is 9.47 Å². The van der Waals surface area contributed by atoms with Crippen molar-refractivity contribution in [3.05, 3.63) is 86.1 Å². The first-order valence-electron chi connectivity index (χ1n) is 7.64. The van der Waals surface area contributed by atoms with E-state index >= 15 is 0 Å². The Kier molecular flexibility index (Phi) is 6.42. The minimum Gasteiger partial charge on any atom is -0.421 e. The number of aromatic nitrogens is 1. The predicted molar refractivity (Wildman–Crippen MR) is 107 cm³/mol. The molecule has 3 rings (SSSR count). The molecule has 142 valence electrons. The van der Waals surface area contributed by atoms with Gasteiger partial charge in [0.25, 0.3) is 0 Å². The number of benzene rings is 2. The Morgan fingerprint density at radius 1 is 0.714 bits per heavy atom. The molecule has 0 aliphatic heterocycles. The molecule has 5 nitrogen and oxygen atoms in total. The number of ether oxygens (including phenoxy) is 2. The first-order chi connectivity index (χ1) is 13.3. The Bertz CT molecular complexity index is 970. The molecule has 9 heteroatoms. The Morgan fingerprint density at radius 2 is 1.25 bits per heavy atom.